The van der Waals surface area contributed by atoms with Gasteiger partial charge in [-0.15, -0.1) is 0 Å². The molecule has 0 aliphatic carbocycles. The van der Waals surface area contributed by atoms with Crippen LogP contribution < -0.4 is 0 Å². The Morgan fingerprint density at radius 1 is 0.231 bits per heavy atom. The fourth-order valence-electron chi connectivity index (χ4n) is 12.3. The zero-order valence-electron chi connectivity index (χ0n) is 77.2. The van der Waals surface area contributed by atoms with Gasteiger partial charge in [0.25, 0.3) is 0 Å². The number of piperidine rings is 6. The number of hydrogen-bond donors (Lipinski definition) is 0. The molecule has 7 saturated heterocycles. The standard InChI is InChI=1S/C11H23NO.5C10H21NO.C9H19NO2.C9H21NO.C6H14.C5H12O/c1-11(2)13-10-6-9-12-7-4-3-5-8-12;5*1-10(2)12-9-8-11-6-4-3-5-7-11;1-9(2)12-8-5-10-3-6-11-7-4-10;1-5-10(6-2)7-8-11-9(3)4;1-5(2)6(3)4;1-4-6-5(2)3/h11H,3-10H2,1-2H3;5*10H,3-9H2,1-2H3;9H,3-8H2,1-2H3;9H,5-8H2,1-4H3;5-6H,1-4H3;5H,4H2,1-3H3. The molecule has 0 saturated carbocycles. The van der Waals surface area contributed by atoms with Crippen molar-refractivity contribution in [3.8, 4) is 0 Å². The van der Waals surface area contributed by atoms with Crippen LogP contribution in [0, 0.1) is 11.8 Å². The molecule has 0 N–H and O–H groups in total. The number of morpholine rings is 1. The molecule has 7 aliphatic rings. The molecule has 0 atom stereocenters. The normalized spacial score (nSPS) is 18.2. The molecule has 654 valence electrons. The zero-order valence-corrected chi connectivity index (χ0v) is 77.2. The first-order valence-corrected chi connectivity index (χ1v) is 45.5. The van der Waals surface area contributed by atoms with Crippen molar-refractivity contribution >= 4 is 0 Å². The molecule has 0 aromatic rings. The smallest absolute Gasteiger partial charge is 0.0596 e. The molecule has 108 heavy (non-hydrogen) atoms. The van der Waals surface area contributed by atoms with Gasteiger partial charge >= 0.3 is 0 Å². The van der Waals surface area contributed by atoms with Crippen LogP contribution >= 0.6 is 0 Å². The van der Waals surface area contributed by atoms with Crippen LogP contribution in [-0.4, -0.2) is 324 Å². The van der Waals surface area contributed by atoms with Crippen LogP contribution in [0.5, 0.6) is 0 Å². The molecule has 0 radical (unpaired) electrons. The van der Waals surface area contributed by atoms with Gasteiger partial charge in [-0.25, -0.2) is 0 Å². The van der Waals surface area contributed by atoms with E-state index in [0.717, 1.165) is 157 Å². The third-order valence-corrected chi connectivity index (χ3v) is 19.6. The number of likely N-dealkylation sites (N-methyl/N-ethyl adjacent to an activating group) is 1. The van der Waals surface area contributed by atoms with Gasteiger partial charge < -0.3 is 81.7 Å². The van der Waals surface area contributed by atoms with E-state index in [2.05, 4.69) is 192 Å². The molecule has 0 bridgehead atoms. The van der Waals surface area contributed by atoms with Gasteiger partial charge in [0.05, 0.1) is 114 Å². The number of hydrogen-bond acceptors (Lipinski definition) is 18. The highest BCUT2D eigenvalue weighted by molar-refractivity contribution is 4.69. The van der Waals surface area contributed by atoms with Gasteiger partial charge in [-0.05, 0) is 318 Å². The monoisotopic (exact) mass is 1550 g/mol. The highest BCUT2D eigenvalue weighted by Gasteiger charge is 2.16. The van der Waals surface area contributed by atoms with Crippen molar-refractivity contribution in [1.82, 2.24) is 39.2 Å². The summed E-state index contributed by atoms with van der Waals surface area (Å²) in [5, 5.41) is 0. The number of ether oxygens (including phenoxy) is 10. The minimum atomic E-state index is 0.353. The molecule has 0 amide bonds. The lowest BCUT2D eigenvalue weighted by atomic mass is 10.0. The van der Waals surface area contributed by atoms with Crippen molar-refractivity contribution in [2.24, 2.45) is 11.8 Å². The van der Waals surface area contributed by atoms with Gasteiger partial charge in [-0.3, -0.25) is 4.90 Å². The Bertz CT molecular complexity index is 1470. The second-order valence-electron chi connectivity index (χ2n) is 33.6. The van der Waals surface area contributed by atoms with E-state index in [1.54, 1.807) is 0 Å². The average molecular weight is 1550 g/mol. The first kappa shape index (κ1) is 111. The third-order valence-electron chi connectivity index (χ3n) is 19.6. The van der Waals surface area contributed by atoms with E-state index < -0.39 is 0 Å². The Balaban J connectivity index is -0.00000114. The van der Waals surface area contributed by atoms with Crippen LogP contribution in [-0.2, 0) is 47.4 Å². The largest absolute Gasteiger partial charge is 0.379 e. The predicted octanol–water partition coefficient (Wildman–Crippen LogP) is 18.0. The Morgan fingerprint density at radius 3 is 0.611 bits per heavy atom. The summed E-state index contributed by atoms with van der Waals surface area (Å²) in [6.45, 7) is 91.2. The molecule has 0 unspecified atom stereocenters. The Kier molecular flexibility index (Phi) is 84.0. The number of likely N-dealkylation sites (tertiary alicyclic amines) is 6. The summed E-state index contributed by atoms with van der Waals surface area (Å²) in [7, 11) is 0. The molecule has 0 spiro atoms. The second-order valence-corrected chi connectivity index (χ2v) is 33.6. The Hall–Kier alpha value is -0.720. The van der Waals surface area contributed by atoms with E-state index in [4.69, 9.17) is 47.4 Å². The van der Waals surface area contributed by atoms with Crippen molar-refractivity contribution in [1.29, 1.82) is 0 Å². The lowest BCUT2D eigenvalue weighted by Gasteiger charge is -2.26. The van der Waals surface area contributed by atoms with E-state index in [1.807, 2.05) is 20.8 Å². The van der Waals surface area contributed by atoms with Crippen LogP contribution in [0.3, 0.4) is 0 Å². The molecule has 0 aromatic carbocycles. The van der Waals surface area contributed by atoms with Gasteiger partial charge in [0.1, 0.15) is 0 Å². The first-order chi connectivity index (χ1) is 51.6. The maximum atomic E-state index is 5.51. The quantitative estimate of drug-likeness (QED) is 0.0545. The minimum Gasteiger partial charge on any atom is -0.379 e. The Morgan fingerprint density at radius 2 is 0.426 bits per heavy atom. The van der Waals surface area contributed by atoms with Gasteiger partial charge in [-0.1, -0.05) is 80.1 Å². The van der Waals surface area contributed by atoms with E-state index in [-0.39, 0.29) is 0 Å². The van der Waals surface area contributed by atoms with Crippen molar-refractivity contribution < 1.29 is 47.4 Å². The number of rotatable bonds is 38. The van der Waals surface area contributed by atoms with Gasteiger partial charge in [0.15, 0.2) is 0 Å². The van der Waals surface area contributed by atoms with E-state index in [1.165, 1.54) is 207 Å². The molecule has 0 aromatic heterocycles. The highest BCUT2D eigenvalue weighted by atomic mass is 16.5. The summed E-state index contributed by atoms with van der Waals surface area (Å²) < 4.78 is 54.2. The number of nitrogens with zero attached hydrogens (tertiary/aromatic N) is 8. The Labute approximate surface area is 674 Å². The van der Waals surface area contributed by atoms with Crippen molar-refractivity contribution in [2.75, 3.05) is 230 Å². The summed E-state index contributed by atoms with van der Waals surface area (Å²) in [5.41, 5.74) is 0. The first-order valence-electron chi connectivity index (χ1n) is 45.5. The summed E-state index contributed by atoms with van der Waals surface area (Å²) in [5.74, 6) is 1.70. The third kappa shape index (κ3) is 86.1. The fraction of sp³-hybridized carbons (Fsp3) is 1.00. The highest BCUT2D eigenvalue weighted by Crippen LogP contribution is 2.14. The lowest BCUT2D eigenvalue weighted by molar-refractivity contribution is 0.00964. The van der Waals surface area contributed by atoms with E-state index >= 15 is 0 Å². The summed E-state index contributed by atoms with van der Waals surface area (Å²) in [6.07, 6.45) is 29.7. The molecule has 18 heteroatoms. The lowest BCUT2D eigenvalue weighted by Crippen LogP contribution is -2.38. The molecular weight excluding hydrogens is 1350 g/mol. The van der Waals surface area contributed by atoms with Gasteiger partial charge in [0, 0.05) is 78.7 Å². The van der Waals surface area contributed by atoms with Gasteiger partial charge in [-0.2, -0.15) is 0 Å². The molecular formula is C90H194N8O10. The maximum absolute atomic E-state index is 5.51. The summed E-state index contributed by atoms with van der Waals surface area (Å²) >= 11 is 0. The van der Waals surface area contributed by atoms with Crippen molar-refractivity contribution in [3.63, 3.8) is 0 Å². The maximum Gasteiger partial charge on any atom is 0.0596 e. The summed E-state index contributed by atoms with van der Waals surface area (Å²) in [6, 6.07) is 0. The van der Waals surface area contributed by atoms with E-state index in [0.29, 0.717) is 54.9 Å². The second kappa shape index (κ2) is 81.4. The molecule has 18 nitrogen and oxygen atoms in total. The zero-order chi connectivity index (χ0) is 81.2. The molecule has 7 rings (SSSR count). The molecule has 7 heterocycles. The van der Waals surface area contributed by atoms with Crippen molar-refractivity contribution in [2.45, 2.75) is 350 Å². The predicted molar refractivity (Wildman–Crippen MR) is 467 cm³/mol. The van der Waals surface area contributed by atoms with E-state index in [9.17, 15) is 0 Å². The van der Waals surface area contributed by atoms with Crippen LogP contribution in [0.15, 0.2) is 0 Å². The minimum absolute atomic E-state index is 0.353. The average Bonchev–Trinajstić information content (AvgIpc) is 1.07. The van der Waals surface area contributed by atoms with Crippen molar-refractivity contribution in [3.05, 3.63) is 0 Å². The fourth-order valence-corrected chi connectivity index (χ4v) is 12.3. The SMILES string of the molecule is CC(C)C(C)C.CC(C)OCCCN1CCCCC1.CC(C)OCCN1CCCCC1.CC(C)OCCN1CCCCC1.CC(C)OCCN1CCCCC1.CC(C)OCCN1CCCCC1.CC(C)OCCN1CCCCC1.CC(C)OCCN1CCOCC1.CCN(CC)CCOC(C)C.CCOC(C)C. The molecule has 7 fully saturated rings. The van der Waals surface area contributed by atoms with Crippen LogP contribution in [0.1, 0.15) is 295 Å². The van der Waals surface area contributed by atoms with Crippen LogP contribution in [0.4, 0.5) is 0 Å². The van der Waals surface area contributed by atoms with Crippen LogP contribution in [0.2, 0.25) is 0 Å². The molecule has 7 aliphatic heterocycles. The van der Waals surface area contributed by atoms with Gasteiger partial charge in [0.2, 0.25) is 0 Å². The topological polar surface area (TPSA) is 118 Å². The summed E-state index contributed by atoms with van der Waals surface area (Å²) in [4.78, 5) is 19.8. The van der Waals surface area contributed by atoms with Crippen LogP contribution in [0.25, 0.3) is 0 Å².